The standard InChI is InChI=1S/C15H16FNO5/c1-21-13(19)15(16)10-17(8-7-12(15)18)14(20)22-9-11-5-3-2-4-6-11/h2-6H,7-10H2,1H3. The van der Waals surface area contributed by atoms with Crippen LogP contribution in [0.1, 0.15) is 12.0 Å². The zero-order valence-corrected chi connectivity index (χ0v) is 12.1. The van der Waals surface area contributed by atoms with Crippen molar-refractivity contribution in [1.82, 2.24) is 4.90 Å². The minimum Gasteiger partial charge on any atom is -0.466 e. The summed E-state index contributed by atoms with van der Waals surface area (Å²) in [5.74, 6) is -2.18. The predicted octanol–water partition coefficient (Wildman–Crippen LogP) is 1.48. The van der Waals surface area contributed by atoms with E-state index in [2.05, 4.69) is 4.74 Å². The van der Waals surface area contributed by atoms with Crippen molar-refractivity contribution in [2.24, 2.45) is 0 Å². The van der Waals surface area contributed by atoms with Crippen molar-refractivity contribution in [2.75, 3.05) is 20.2 Å². The Bertz CT molecular complexity index is 567. The number of rotatable bonds is 3. The molecule has 1 unspecified atom stereocenters. The largest absolute Gasteiger partial charge is 0.466 e. The maximum absolute atomic E-state index is 14.5. The third-order valence-electron chi connectivity index (χ3n) is 3.43. The molecule has 1 fully saturated rings. The maximum atomic E-state index is 14.5. The van der Waals surface area contributed by atoms with Gasteiger partial charge in [-0.1, -0.05) is 30.3 Å². The molecule has 1 saturated heterocycles. The van der Waals surface area contributed by atoms with Crippen LogP contribution in [0.15, 0.2) is 30.3 Å². The fourth-order valence-electron chi connectivity index (χ4n) is 2.17. The van der Waals surface area contributed by atoms with Crippen LogP contribution in [0.4, 0.5) is 9.18 Å². The molecule has 1 amide bonds. The second-order valence-corrected chi connectivity index (χ2v) is 4.93. The van der Waals surface area contributed by atoms with Crippen molar-refractivity contribution in [1.29, 1.82) is 0 Å². The van der Waals surface area contributed by atoms with Crippen molar-refractivity contribution >= 4 is 17.8 Å². The quantitative estimate of drug-likeness (QED) is 0.624. The van der Waals surface area contributed by atoms with Gasteiger partial charge in [0.25, 0.3) is 5.67 Å². The molecule has 118 valence electrons. The summed E-state index contributed by atoms with van der Waals surface area (Å²) in [6, 6.07) is 8.98. The smallest absolute Gasteiger partial charge is 0.410 e. The van der Waals surface area contributed by atoms with Crippen LogP contribution >= 0.6 is 0 Å². The summed E-state index contributed by atoms with van der Waals surface area (Å²) in [6.07, 6.45) is -1.03. The SMILES string of the molecule is COC(=O)C1(F)CN(C(=O)OCc2ccccc2)CCC1=O. The van der Waals surface area contributed by atoms with E-state index in [1.54, 1.807) is 24.3 Å². The molecule has 1 aliphatic rings. The number of esters is 1. The average molecular weight is 309 g/mol. The Hall–Kier alpha value is -2.44. The number of methoxy groups -OCH3 is 1. The van der Waals surface area contributed by atoms with Gasteiger partial charge in [0.15, 0.2) is 5.78 Å². The van der Waals surface area contributed by atoms with Gasteiger partial charge in [-0.2, -0.15) is 0 Å². The highest BCUT2D eigenvalue weighted by Gasteiger charge is 2.52. The first-order valence-corrected chi connectivity index (χ1v) is 6.73. The van der Waals surface area contributed by atoms with Crippen molar-refractivity contribution in [3.05, 3.63) is 35.9 Å². The Morgan fingerprint density at radius 1 is 1.32 bits per heavy atom. The van der Waals surface area contributed by atoms with Gasteiger partial charge in [-0.05, 0) is 5.56 Å². The van der Waals surface area contributed by atoms with E-state index in [4.69, 9.17) is 4.74 Å². The van der Waals surface area contributed by atoms with E-state index in [0.717, 1.165) is 17.6 Å². The molecule has 0 N–H and O–H groups in total. The van der Waals surface area contributed by atoms with Gasteiger partial charge < -0.3 is 14.4 Å². The second-order valence-electron chi connectivity index (χ2n) is 4.93. The van der Waals surface area contributed by atoms with Gasteiger partial charge in [0, 0.05) is 13.0 Å². The van der Waals surface area contributed by atoms with E-state index >= 15 is 0 Å². The highest BCUT2D eigenvalue weighted by Crippen LogP contribution is 2.24. The van der Waals surface area contributed by atoms with Crippen LogP contribution in [-0.2, 0) is 25.7 Å². The van der Waals surface area contributed by atoms with E-state index in [-0.39, 0.29) is 19.6 Å². The number of ether oxygens (including phenoxy) is 2. The summed E-state index contributed by atoms with van der Waals surface area (Å²) >= 11 is 0. The summed E-state index contributed by atoms with van der Waals surface area (Å²) in [4.78, 5) is 36.0. The van der Waals surface area contributed by atoms with Gasteiger partial charge in [0.05, 0.1) is 13.7 Å². The van der Waals surface area contributed by atoms with Gasteiger partial charge in [0.2, 0.25) is 0 Å². The first kappa shape index (κ1) is 15.9. The zero-order chi connectivity index (χ0) is 16.2. The fourth-order valence-corrected chi connectivity index (χ4v) is 2.17. The number of halogens is 1. The van der Waals surface area contributed by atoms with Crippen LogP contribution < -0.4 is 0 Å². The number of nitrogens with zero attached hydrogens (tertiary/aromatic N) is 1. The molecule has 1 heterocycles. The van der Waals surface area contributed by atoms with Crippen LogP contribution in [-0.4, -0.2) is 48.6 Å². The van der Waals surface area contributed by atoms with Gasteiger partial charge >= 0.3 is 12.1 Å². The topological polar surface area (TPSA) is 72.9 Å². The van der Waals surface area contributed by atoms with Gasteiger partial charge in [-0.15, -0.1) is 0 Å². The number of ketones is 1. The number of carbonyl (C=O) groups excluding carboxylic acids is 3. The molecule has 7 heteroatoms. The number of carbonyl (C=O) groups is 3. The molecule has 2 rings (SSSR count). The minimum absolute atomic E-state index is 0.00905. The first-order chi connectivity index (χ1) is 10.5. The number of hydrogen-bond acceptors (Lipinski definition) is 5. The van der Waals surface area contributed by atoms with Crippen molar-refractivity contribution in [3.63, 3.8) is 0 Å². The molecule has 1 aliphatic heterocycles. The number of amides is 1. The monoisotopic (exact) mass is 309 g/mol. The number of benzene rings is 1. The van der Waals surface area contributed by atoms with Crippen molar-refractivity contribution < 1.29 is 28.2 Å². The molecule has 0 spiro atoms. The number of hydrogen-bond donors (Lipinski definition) is 0. The zero-order valence-electron chi connectivity index (χ0n) is 12.1. The molecule has 1 aromatic carbocycles. The van der Waals surface area contributed by atoms with Gasteiger partial charge in [-0.3, -0.25) is 4.79 Å². The van der Waals surface area contributed by atoms with E-state index < -0.39 is 30.1 Å². The van der Waals surface area contributed by atoms with E-state index in [9.17, 15) is 18.8 Å². The average Bonchev–Trinajstić information content (AvgIpc) is 2.55. The molecule has 1 aromatic rings. The Balaban J connectivity index is 1.98. The summed E-state index contributed by atoms with van der Waals surface area (Å²) in [5.41, 5.74) is -2.04. The van der Waals surface area contributed by atoms with Gasteiger partial charge in [-0.25, -0.2) is 14.0 Å². The Morgan fingerprint density at radius 3 is 2.64 bits per heavy atom. The van der Waals surface area contributed by atoms with E-state index in [0.29, 0.717) is 0 Å². The first-order valence-electron chi connectivity index (χ1n) is 6.73. The third kappa shape index (κ3) is 3.24. The number of alkyl halides is 1. The van der Waals surface area contributed by atoms with Crippen molar-refractivity contribution in [3.8, 4) is 0 Å². The van der Waals surface area contributed by atoms with Crippen LogP contribution in [0, 0.1) is 0 Å². The van der Waals surface area contributed by atoms with Crippen molar-refractivity contribution in [2.45, 2.75) is 18.7 Å². The Kier molecular flexibility index (Phi) is 4.75. The maximum Gasteiger partial charge on any atom is 0.410 e. The Morgan fingerprint density at radius 2 is 2.00 bits per heavy atom. The molecule has 22 heavy (non-hydrogen) atoms. The lowest BCUT2D eigenvalue weighted by Crippen LogP contribution is -2.58. The van der Waals surface area contributed by atoms with E-state index in [1.165, 1.54) is 0 Å². The molecule has 6 nitrogen and oxygen atoms in total. The lowest BCUT2D eigenvalue weighted by Gasteiger charge is -2.33. The molecule has 0 bridgehead atoms. The molecule has 0 aliphatic carbocycles. The molecule has 0 aromatic heterocycles. The summed E-state index contributed by atoms with van der Waals surface area (Å²) in [7, 11) is 0.990. The van der Waals surface area contributed by atoms with E-state index in [1.807, 2.05) is 6.07 Å². The number of likely N-dealkylation sites (tertiary alicyclic amines) is 1. The molecular formula is C15H16FNO5. The summed E-state index contributed by atoms with van der Waals surface area (Å²) in [5, 5.41) is 0. The predicted molar refractivity (Wildman–Crippen MR) is 73.7 cm³/mol. The van der Waals surface area contributed by atoms with Crippen LogP contribution in [0.25, 0.3) is 0 Å². The van der Waals surface area contributed by atoms with Gasteiger partial charge in [0.1, 0.15) is 6.61 Å². The molecule has 1 atom stereocenters. The lowest BCUT2D eigenvalue weighted by atomic mass is 9.93. The fraction of sp³-hybridized carbons (Fsp3) is 0.400. The Labute approximate surface area is 126 Å². The highest BCUT2D eigenvalue weighted by molar-refractivity contribution is 6.08. The van der Waals surface area contributed by atoms with Crippen LogP contribution in [0.3, 0.4) is 0 Å². The highest BCUT2D eigenvalue weighted by atomic mass is 19.1. The summed E-state index contributed by atoms with van der Waals surface area (Å²) < 4.78 is 23.8. The van der Waals surface area contributed by atoms with Crippen LogP contribution in [0.2, 0.25) is 0 Å². The second kappa shape index (κ2) is 6.55. The minimum atomic E-state index is -2.82. The lowest BCUT2D eigenvalue weighted by molar-refractivity contribution is -0.163. The normalized spacial score (nSPS) is 21.4. The summed E-state index contributed by atoms with van der Waals surface area (Å²) in [6.45, 7) is -0.650. The number of piperidine rings is 1. The molecular weight excluding hydrogens is 293 g/mol. The molecule has 0 radical (unpaired) electrons. The number of Topliss-reactive ketones (excluding diaryl/α,β-unsaturated/α-hetero) is 1. The third-order valence-corrected chi connectivity index (χ3v) is 3.43. The molecule has 0 saturated carbocycles. The van der Waals surface area contributed by atoms with Crippen LogP contribution in [0.5, 0.6) is 0 Å².